The van der Waals surface area contributed by atoms with Crippen LogP contribution in [0.5, 0.6) is 5.75 Å². The summed E-state index contributed by atoms with van der Waals surface area (Å²) in [4.78, 5) is 10.9. The van der Waals surface area contributed by atoms with Crippen molar-refractivity contribution in [3.05, 3.63) is 28.8 Å². The van der Waals surface area contributed by atoms with Crippen LogP contribution in [0.15, 0.2) is 12.1 Å². The highest BCUT2D eigenvalue weighted by molar-refractivity contribution is 5.96. The molecule has 0 saturated heterocycles. The molecular formula is C10H7F3N2O2. The summed E-state index contributed by atoms with van der Waals surface area (Å²) in [6, 6.07) is 2.83. The zero-order valence-electron chi connectivity index (χ0n) is 8.63. The van der Waals surface area contributed by atoms with Crippen LogP contribution in [0.1, 0.15) is 21.5 Å². The minimum Gasteiger partial charge on any atom is -0.496 e. The maximum Gasteiger partial charge on any atom is 0.420 e. The lowest BCUT2D eigenvalue weighted by Gasteiger charge is -2.13. The van der Waals surface area contributed by atoms with Crippen molar-refractivity contribution < 1.29 is 22.7 Å². The molecule has 0 bridgehead atoms. The Balaban J connectivity index is 3.56. The smallest absolute Gasteiger partial charge is 0.420 e. The summed E-state index contributed by atoms with van der Waals surface area (Å²) < 4.78 is 42.3. The van der Waals surface area contributed by atoms with Crippen LogP contribution in [0, 0.1) is 11.3 Å². The highest BCUT2D eigenvalue weighted by Crippen LogP contribution is 2.37. The molecule has 0 spiro atoms. The molecule has 0 fully saturated rings. The molecule has 0 saturated carbocycles. The fourth-order valence-corrected chi connectivity index (χ4v) is 1.27. The molecule has 0 aliphatic rings. The van der Waals surface area contributed by atoms with Crippen molar-refractivity contribution in [3.63, 3.8) is 0 Å². The number of amides is 1. The highest BCUT2D eigenvalue weighted by atomic mass is 19.4. The third kappa shape index (κ3) is 2.47. The first kappa shape index (κ1) is 12.8. The molecular weight excluding hydrogens is 237 g/mol. The molecule has 1 rings (SSSR count). The fraction of sp³-hybridized carbons (Fsp3) is 0.200. The van der Waals surface area contributed by atoms with Gasteiger partial charge in [-0.05, 0) is 12.1 Å². The maximum absolute atomic E-state index is 12.6. The summed E-state index contributed by atoms with van der Waals surface area (Å²) in [5, 5.41) is 8.66. The molecule has 0 aliphatic carbocycles. The van der Waals surface area contributed by atoms with Gasteiger partial charge in [0.25, 0.3) is 0 Å². The molecule has 1 aromatic carbocycles. The normalized spacial score (nSPS) is 10.8. The lowest BCUT2D eigenvalue weighted by molar-refractivity contribution is -0.138. The molecule has 7 heteroatoms. The van der Waals surface area contributed by atoms with Gasteiger partial charge in [0.15, 0.2) is 0 Å². The molecule has 90 valence electrons. The molecule has 0 atom stereocenters. The van der Waals surface area contributed by atoms with Crippen molar-refractivity contribution >= 4 is 5.91 Å². The van der Waals surface area contributed by atoms with Crippen molar-refractivity contribution in [2.75, 3.05) is 7.11 Å². The molecule has 2 N–H and O–H groups in total. The average Bonchev–Trinajstić information content (AvgIpc) is 2.25. The largest absolute Gasteiger partial charge is 0.496 e. The van der Waals surface area contributed by atoms with Crippen LogP contribution in [0.4, 0.5) is 13.2 Å². The van der Waals surface area contributed by atoms with Crippen molar-refractivity contribution in [1.82, 2.24) is 0 Å². The molecule has 0 radical (unpaired) electrons. The number of methoxy groups -OCH3 is 1. The van der Waals surface area contributed by atoms with Crippen LogP contribution in [0.3, 0.4) is 0 Å². The third-order valence-electron chi connectivity index (χ3n) is 2.03. The summed E-state index contributed by atoms with van der Waals surface area (Å²) in [5.74, 6) is -1.54. The number of nitrogens with zero attached hydrogens (tertiary/aromatic N) is 1. The molecule has 17 heavy (non-hydrogen) atoms. The summed E-state index contributed by atoms with van der Waals surface area (Å²) in [6.45, 7) is 0. The van der Waals surface area contributed by atoms with E-state index in [0.29, 0.717) is 6.07 Å². The second-order valence-electron chi connectivity index (χ2n) is 3.07. The Morgan fingerprint density at radius 3 is 2.41 bits per heavy atom. The predicted molar refractivity (Wildman–Crippen MR) is 51.2 cm³/mol. The van der Waals surface area contributed by atoms with Gasteiger partial charge in [-0.1, -0.05) is 0 Å². The fourth-order valence-electron chi connectivity index (χ4n) is 1.27. The van der Waals surface area contributed by atoms with Crippen LogP contribution in [0.25, 0.3) is 0 Å². The second kappa shape index (κ2) is 4.33. The van der Waals surface area contributed by atoms with E-state index < -0.39 is 29.0 Å². The number of nitrogens with two attached hydrogens (primary N) is 1. The van der Waals surface area contributed by atoms with E-state index in [2.05, 4.69) is 4.74 Å². The van der Waals surface area contributed by atoms with Gasteiger partial charge >= 0.3 is 6.18 Å². The Kier molecular flexibility index (Phi) is 3.27. The van der Waals surface area contributed by atoms with E-state index in [1.165, 1.54) is 6.07 Å². The minimum atomic E-state index is -4.67. The van der Waals surface area contributed by atoms with E-state index in [0.717, 1.165) is 13.2 Å². The Hall–Kier alpha value is -2.23. The number of hydrogen-bond donors (Lipinski definition) is 1. The maximum atomic E-state index is 12.6. The number of carbonyl (C=O) groups excluding carboxylic acids is 1. The van der Waals surface area contributed by atoms with Crippen LogP contribution < -0.4 is 10.5 Å². The lowest BCUT2D eigenvalue weighted by atomic mass is 10.0. The van der Waals surface area contributed by atoms with Crippen LogP contribution in [-0.4, -0.2) is 13.0 Å². The quantitative estimate of drug-likeness (QED) is 0.859. The van der Waals surface area contributed by atoms with Crippen molar-refractivity contribution in [3.8, 4) is 11.8 Å². The van der Waals surface area contributed by atoms with Gasteiger partial charge in [0.1, 0.15) is 5.75 Å². The number of carbonyl (C=O) groups is 1. The number of ether oxygens (including phenoxy) is 1. The van der Waals surface area contributed by atoms with E-state index in [4.69, 9.17) is 11.0 Å². The summed E-state index contributed by atoms with van der Waals surface area (Å²) >= 11 is 0. The van der Waals surface area contributed by atoms with E-state index in [1.54, 1.807) is 0 Å². The topological polar surface area (TPSA) is 76.1 Å². The van der Waals surface area contributed by atoms with Gasteiger partial charge in [0, 0.05) is 0 Å². The SMILES string of the molecule is COc1cc(C(N)=O)c(C#N)cc1C(F)(F)F. The van der Waals surface area contributed by atoms with Crippen molar-refractivity contribution in [2.45, 2.75) is 6.18 Å². The monoisotopic (exact) mass is 244 g/mol. The first-order valence-electron chi connectivity index (χ1n) is 4.30. The standard InChI is InChI=1S/C10H7F3N2O2/c1-17-8-3-6(9(15)16)5(4-14)2-7(8)10(11,12)13/h2-3H,1H3,(H2,15,16). The Labute approximate surface area is 94.4 Å². The lowest BCUT2D eigenvalue weighted by Crippen LogP contribution is -2.15. The van der Waals surface area contributed by atoms with Crippen LogP contribution in [0.2, 0.25) is 0 Å². The van der Waals surface area contributed by atoms with Crippen LogP contribution in [-0.2, 0) is 6.18 Å². The molecule has 1 amide bonds. The molecule has 4 nitrogen and oxygen atoms in total. The van der Waals surface area contributed by atoms with Crippen molar-refractivity contribution in [1.29, 1.82) is 5.26 Å². The number of nitriles is 1. The Morgan fingerprint density at radius 1 is 1.47 bits per heavy atom. The minimum absolute atomic E-state index is 0.308. The van der Waals surface area contributed by atoms with Gasteiger partial charge in [-0.25, -0.2) is 0 Å². The first-order valence-corrected chi connectivity index (χ1v) is 4.30. The number of rotatable bonds is 2. The van der Waals surface area contributed by atoms with Gasteiger partial charge in [-0.2, -0.15) is 18.4 Å². The highest BCUT2D eigenvalue weighted by Gasteiger charge is 2.35. The Morgan fingerprint density at radius 2 is 2.06 bits per heavy atom. The van der Waals surface area contributed by atoms with Gasteiger partial charge in [0.05, 0.1) is 29.9 Å². The number of benzene rings is 1. The molecule has 0 heterocycles. The van der Waals surface area contributed by atoms with E-state index >= 15 is 0 Å². The first-order chi connectivity index (χ1) is 7.81. The second-order valence-corrected chi connectivity index (χ2v) is 3.07. The summed E-state index contributed by atoms with van der Waals surface area (Å²) in [5.41, 5.74) is 3.08. The summed E-state index contributed by atoms with van der Waals surface area (Å²) in [7, 11) is 1.03. The van der Waals surface area contributed by atoms with Gasteiger partial charge < -0.3 is 10.5 Å². The average molecular weight is 244 g/mol. The number of hydrogen-bond acceptors (Lipinski definition) is 3. The molecule has 0 unspecified atom stereocenters. The third-order valence-corrected chi connectivity index (χ3v) is 2.03. The number of halogens is 3. The summed E-state index contributed by atoms with van der Waals surface area (Å²) in [6.07, 6.45) is -4.67. The molecule has 0 aliphatic heterocycles. The van der Waals surface area contributed by atoms with Gasteiger partial charge in [0.2, 0.25) is 5.91 Å². The number of primary amides is 1. The zero-order chi connectivity index (χ0) is 13.2. The zero-order valence-corrected chi connectivity index (χ0v) is 8.63. The van der Waals surface area contributed by atoms with E-state index in [-0.39, 0.29) is 5.56 Å². The van der Waals surface area contributed by atoms with Gasteiger partial charge in [-0.3, -0.25) is 4.79 Å². The van der Waals surface area contributed by atoms with Crippen molar-refractivity contribution in [2.24, 2.45) is 5.73 Å². The van der Waals surface area contributed by atoms with E-state index in [9.17, 15) is 18.0 Å². The van der Waals surface area contributed by atoms with Gasteiger partial charge in [-0.15, -0.1) is 0 Å². The predicted octanol–water partition coefficient (Wildman–Crippen LogP) is 1.68. The van der Waals surface area contributed by atoms with E-state index in [1.807, 2.05) is 0 Å². The molecule has 0 aromatic heterocycles. The molecule has 1 aromatic rings. The number of alkyl halides is 3. The van der Waals surface area contributed by atoms with Crippen LogP contribution >= 0.6 is 0 Å². The Bertz CT molecular complexity index is 503.